The molecular weight excluding hydrogens is 206 g/mol. The van der Waals surface area contributed by atoms with Gasteiger partial charge in [-0.2, -0.15) is 0 Å². The summed E-state index contributed by atoms with van der Waals surface area (Å²) in [6, 6.07) is -0.192. The highest BCUT2D eigenvalue weighted by Crippen LogP contribution is 2.28. The number of likely N-dealkylation sites (N-methyl/N-ethyl adjacent to an activating group) is 1. The van der Waals surface area contributed by atoms with Crippen molar-refractivity contribution in [1.82, 2.24) is 10.3 Å². The fourth-order valence-electron chi connectivity index (χ4n) is 2.47. The van der Waals surface area contributed by atoms with Crippen molar-refractivity contribution in [2.24, 2.45) is 17.7 Å². The van der Waals surface area contributed by atoms with E-state index in [-0.39, 0.29) is 24.0 Å². The molecule has 0 spiro atoms. The Hall–Kier alpha value is -0.650. The molecule has 0 heterocycles. The molecule has 94 valence electrons. The van der Waals surface area contributed by atoms with Crippen molar-refractivity contribution in [3.63, 3.8) is 0 Å². The highest BCUT2D eigenvalue weighted by atomic mass is 16.3. The molecule has 16 heavy (non-hydrogen) atoms. The van der Waals surface area contributed by atoms with Gasteiger partial charge in [-0.25, -0.2) is 5.84 Å². The van der Waals surface area contributed by atoms with Gasteiger partial charge in [-0.1, -0.05) is 13.8 Å². The lowest BCUT2D eigenvalue weighted by Gasteiger charge is -2.38. The fraction of sp³-hybridized carbons (Fsp3) is 0.909. The number of nitrogens with two attached hydrogens (primary N) is 1. The minimum atomic E-state index is -0.192. The van der Waals surface area contributed by atoms with Gasteiger partial charge in [-0.15, -0.1) is 0 Å². The number of nitrogens with zero attached hydrogens (tertiary/aromatic N) is 1. The van der Waals surface area contributed by atoms with Crippen LogP contribution in [-0.4, -0.2) is 41.7 Å². The Morgan fingerprint density at radius 3 is 2.50 bits per heavy atom. The van der Waals surface area contributed by atoms with Crippen LogP contribution in [0.3, 0.4) is 0 Å². The van der Waals surface area contributed by atoms with Gasteiger partial charge in [0.05, 0.1) is 12.1 Å². The van der Waals surface area contributed by atoms with Crippen molar-refractivity contribution in [3.05, 3.63) is 0 Å². The van der Waals surface area contributed by atoms with Gasteiger partial charge in [-0.05, 0) is 31.7 Å². The average Bonchev–Trinajstić information content (AvgIpc) is 2.14. The van der Waals surface area contributed by atoms with E-state index in [1.54, 1.807) is 0 Å². The number of rotatable bonds is 5. The van der Waals surface area contributed by atoms with Crippen molar-refractivity contribution >= 4 is 5.91 Å². The second-order valence-corrected chi connectivity index (χ2v) is 5.13. The first-order valence-electron chi connectivity index (χ1n) is 5.84. The second kappa shape index (κ2) is 5.61. The maximum Gasteiger partial charge on any atom is 0.251 e. The fourth-order valence-corrected chi connectivity index (χ4v) is 2.47. The molecule has 0 aliphatic heterocycles. The summed E-state index contributed by atoms with van der Waals surface area (Å²) in [5.41, 5.74) is 2.22. The molecule has 1 aliphatic carbocycles. The molecule has 1 aliphatic rings. The van der Waals surface area contributed by atoms with E-state index in [0.29, 0.717) is 5.92 Å². The van der Waals surface area contributed by atoms with Gasteiger partial charge < -0.3 is 5.11 Å². The van der Waals surface area contributed by atoms with Crippen LogP contribution in [-0.2, 0) is 4.79 Å². The van der Waals surface area contributed by atoms with Crippen molar-refractivity contribution in [2.45, 2.75) is 38.8 Å². The summed E-state index contributed by atoms with van der Waals surface area (Å²) in [5.74, 6) is 5.77. The summed E-state index contributed by atoms with van der Waals surface area (Å²) in [7, 11) is 1.94. The number of hydrogen-bond donors (Lipinski definition) is 3. The zero-order valence-electron chi connectivity index (χ0n) is 10.3. The van der Waals surface area contributed by atoms with Crippen LogP contribution in [0.15, 0.2) is 0 Å². The number of carbonyl (C=O) groups excluding carboxylic acids is 1. The molecule has 0 aromatic heterocycles. The predicted molar refractivity (Wildman–Crippen MR) is 62.3 cm³/mol. The first-order valence-corrected chi connectivity index (χ1v) is 5.84. The molecule has 0 aromatic carbocycles. The van der Waals surface area contributed by atoms with Gasteiger partial charge in [0, 0.05) is 6.54 Å². The number of carbonyl (C=O) groups is 1. The van der Waals surface area contributed by atoms with E-state index >= 15 is 0 Å². The van der Waals surface area contributed by atoms with Crippen LogP contribution in [0, 0.1) is 11.8 Å². The van der Waals surface area contributed by atoms with Crippen LogP contribution in [0.25, 0.3) is 0 Å². The minimum absolute atomic E-state index is 0.140. The molecule has 5 heteroatoms. The van der Waals surface area contributed by atoms with Crippen LogP contribution in [0.5, 0.6) is 0 Å². The second-order valence-electron chi connectivity index (χ2n) is 5.13. The Morgan fingerprint density at radius 2 is 2.12 bits per heavy atom. The van der Waals surface area contributed by atoms with E-state index in [2.05, 4.69) is 5.43 Å². The summed E-state index contributed by atoms with van der Waals surface area (Å²) < 4.78 is 0. The van der Waals surface area contributed by atoms with E-state index in [4.69, 9.17) is 5.84 Å². The van der Waals surface area contributed by atoms with E-state index in [0.717, 1.165) is 19.4 Å². The van der Waals surface area contributed by atoms with E-state index in [1.807, 2.05) is 25.8 Å². The lowest BCUT2D eigenvalue weighted by Crippen LogP contribution is -2.52. The Labute approximate surface area is 97.0 Å². The molecule has 4 N–H and O–H groups in total. The summed E-state index contributed by atoms with van der Waals surface area (Å²) in [6.07, 6.45) is 1.55. The molecular formula is C11H23N3O2. The van der Waals surface area contributed by atoms with Crippen molar-refractivity contribution in [3.8, 4) is 0 Å². The van der Waals surface area contributed by atoms with Gasteiger partial charge >= 0.3 is 0 Å². The van der Waals surface area contributed by atoms with Crippen LogP contribution < -0.4 is 11.3 Å². The minimum Gasteiger partial charge on any atom is -0.393 e. The monoisotopic (exact) mass is 229 g/mol. The summed E-state index contributed by atoms with van der Waals surface area (Å²) in [4.78, 5) is 13.7. The largest absolute Gasteiger partial charge is 0.393 e. The van der Waals surface area contributed by atoms with Crippen LogP contribution in [0.2, 0.25) is 0 Å². The van der Waals surface area contributed by atoms with Crippen molar-refractivity contribution in [1.29, 1.82) is 0 Å². The van der Waals surface area contributed by atoms with Crippen LogP contribution >= 0.6 is 0 Å². The third kappa shape index (κ3) is 3.17. The molecule has 1 rings (SSSR count). The zero-order chi connectivity index (χ0) is 12.3. The third-order valence-corrected chi connectivity index (χ3v) is 3.27. The van der Waals surface area contributed by atoms with Gasteiger partial charge in [0.1, 0.15) is 0 Å². The normalized spacial score (nSPS) is 26.7. The topological polar surface area (TPSA) is 78.6 Å². The maximum absolute atomic E-state index is 11.6. The molecule has 0 radical (unpaired) electrons. The average molecular weight is 229 g/mol. The smallest absolute Gasteiger partial charge is 0.251 e. The molecule has 0 aromatic rings. The van der Waals surface area contributed by atoms with Crippen molar-refractivity contribution in [2.75, 3.05) is 13.6 Å². The summed E-state index contributed by atoms with van der Waals surface area (Å²) in [6.45, 7) is 4.85. The molecule has 1 atom stereocenters. The number of hydrazine groups is 1. The SMILES string of the molecule is CC(C)C(C(=O)NN)N(C)CC1CC(O)C1. The number of aliphatic hydroxyl groups is 1. The van der Waals surface area contributed by atoms with Gasteiger partial charge in [0.2, 0.25) is 0 Å². The number of nitrogens with one attached hydrogen (secondary N) is 1. The lowest BCUT2D eigenvalue weighted by molar-refractivity contribution is -0.128. The number of hydrogen-bond acceptors (Lipinski definition) is 4. The predicted octanol–water partition coefficient (Wildman–Crippen LogP) is -0.296. The molecule has 1 unspecified atom stereocenters. The Balaban J connectivity index is 2.47. The van der Waals surface area contributed by atoms with Crippen LogP contribution in [0.4, 0.5) is 0 Å². The third-order valence-electron chi connectivity index (χ3n) is 3.27. The molecule has 1 saturated carbocycles. The maximum atomic E-state index is 11.6. The number of amides is 1. The quantitative estimate of drug-likeness (QED) is 0.344. The Morgan fingerprint density at radius 1 is 1.56 bits per heavy atom. The highest BCUT2D eigenvalue weighted by Gasteiger charge is 2.32. The number of aliphatic hydroxyl groups excluding tert-OH is 1. The summed E-state index contributed by atoms with van der Waals surface area (Å²) in [5, 5.41) is 9.22. The van der Waals surface area contributed by atoms with E-state index in [1.165, 1.54) is 0 Å². The van der Waals surface area contributed by atoms with Gasteiger partial charge in [0.15, 0.2) is 0 Å². The first-order chi connectivity index (χ1) is 7.45. The Kier molecular flexibility index (Phi) is 4.70. The van der Waals surface area contributed by atoms with Gasteiger partial charge in [-0.3, -0.25) is 15.1 Å². The standard InChI is InChI=1S/C11H23N3O2/c1-7(2)10(11(16)13-12)14(3)6-8-4-9(15)5-8/h7-10,15H,4-6,12H2,1-3H3,(H,13,16). The van der Waals surface area contributed by atoms with E-state index < -0.39 is 0 Å². The molecule has 0 saturated heterocycles. The van der Waals surface area contributed by atoms with Crippen molar-refractivity contribution < 1.29 is 9.90 Å². The molecule has 1 fully saturated rings. The van der Waals surface area contributed by atoms with Crippen LogP contribution in [0.1, 0.15) is 26.7 Å². The highest BCUT2D eigenvalue weighted by molar-refractivity contribution is 5.81. The zero-order valence-corrected chi connectivity index (χ0v) is 10.3. The Bertz CT molecular complexity index is 239. The van der Waals surface area contributed by atoms with Gasteiger partial charge in [0.25, 0.3) is 5.91 Å². The van der Waals surface area contributed by atoms with E-state index in [9.17, 15) is 9.90 Å². The lowest BCUT2D eigenvalue weighted by atomic mass is 9.81. The molecule has 1 amide bonds. The molecule has 0 bridgehead atoms. The first kappa shape index (κ1) is 13.4. The molecule has 5 nitrogen and oxygen atoms in total. The summed E-state index contributed by atoms with van der Waals surface area (Å²) >= 11 is 0.